The van der Waals surface area contributed by atoms with Crippen molar-refractivity contribution in [2.24, 2.45) is 0 Å². The topological polar surface area (TPSA) is 58.9 Å². The van der Waals surface area contributed by atoms with E-state index in [1.165, 1.54) is 0 Å². The molecule has 0 bridgehead atoms. The van der Waals surface area contributed by atoms with Gasteiger partial charge in [0.15, 0.2) is 0 Å². The van der Waals surface area contributed by atoms with Crippen LogP contribution in [0.3, 0.4) is 0 Å². The van der Waals surface area contributed by atoms with E-state index in [1.807, 2.05) is 0 Å². The van der Waals surface area contributed by atoms with Gasteiger partial charge in [-0.05, 0) is 26.0 Å². The Morgan fingerprint density at radius 2 is 2.00 bits per heavy atom. The van der Waals surface area contributed by atoms with Crippen LogP contribution in [-0.2, 0) is 0 Å². The predicted octanol–water partition coefficient (Wildman–Crippen LogP) is 1.26. The summed E-state index contributed by atoms with van der Waals surface area (Å²) in [6.07, 6.45) is -1.86. The summed E-state index contributed by atoms with van der Waals surface area (Å²) in [6, 6.07) is 5.15. The number of ether oxygens (including phenoxy) is 2. The number of aliphatic hydroxyl groups is 2. The molecule has 1 heterocycles. The fourth-order valence-electron chi connectivity index (χ4n) is 1.87. The Morgan fingerprint density at radius 1 is 1.31 bits per heavy atom. The second-order valence-corrected chi connectivity index (χ2v) is 4.50. The molecule has 0 fully saturated rings. The first kappa shape index (κ1) is 11.2. The van der Waals surface area contributed by atoms with Crippen LogP contribution in [0.5, 0.6) is 11.5 Å². The van der Waals surface area contributed by atoms with Crippen LogP contribution in [0.2, 0.25) is 0 Å². The van der Waals surface area contributed by atoms with Gasteiger partial charge in [-0.3, -0.25) is 0 Å². The fourth-order valence-corrected chi connectivity index (χ4v) is 1.87. The maximum Gasteiger partial charge on any atom is 0.132 e. The molecule has 88 valence electrons. The van der Waals surface area contributed by atoms with E-state index in [4.69, 9.17) is 9.47 Å². The van der Waals surface area contributed by atoms with Crippen molar-refractivity contribution in [3.05, 3.63) is 23.8 Å². The SMILES string of the molecule is COc1ccc2c(c1)OC(C)(C)[C@@H](O)[C@H]2O. The van der Waals surface area contributed by atoms with E-state index < -0.39 is 17.8 Å². The molecule has 4 heteroatoms. The van der Waals surface area contributed by atoms with Gasteiger partial charge < -0.3 is 19.7 Å². The Balaban J connectivity index is 2.46. The van der Waals surface area contributed by atoms with Crippen LogP contribution in [0.1, 0.15) is 25.5 Å². The lowest BCUT2D eigenvalue weighted by Crippen LogP contribution is -2.48. The zero-order valence-electron chi connectivity index (χ0n) is 9.60. The van der Waals surface area contributed by atoms with E-state index in [0.29, 0.717) is 17.1 Å². The molecule has 2 atom stereocenters. The van der Waals surface area contributed by atoms with Crippen molar-refractivity contribution in [2.75, 3.05) is 7.11 Å². The van der Waals surface area contributed by atoms with Crippen LogP contribution >= 0.6 is 0 Å². The number of hydrogen-bond donors (Lipinski definition) is 2. The third-order valence-electron chi connectivity index (χ3n) is 2.92. The molecule has 0 amide bonds. The van der Waals surface area contributed by atoms with Gasteiger partial charge in [0.1, 0.15) is 29.3 Å². The smallest absolute Gasteiger partial charge is 0.132 e. The molecular formula is C12H16O4. The molecule has 1 aliphatic heterocycles. The Bertz CT molecular complexity index is 400. The lowest BCUT2D eigenvalue weighted by atomic mass is 9.88. The van der Waals surface area contributed by atoms with Crippen LogP contribution in [0.15, 0.2) is 18.2 Å². The Kier molecular flexibility index (Phi) is 2.56. The Morgan fingerprint density at radius 3 is 2.62 bits per heavy atom. The van der Waals surface area contributed by atoms with Gasteiger partial charge in [0, 0.05) is 11.6 Å². The normalized spacial score (nSPS) is 26.8. The molecule has 0 saturated carbocycles. The summed E-state index contributed by atoms with van der Waals surface area (Å²) in [5.74, 6) is 1.22. The van der Waals surface area contributed by atoms with Gasteiger partial charge in [-0.25, -0.2) is 0 Å². The van der Waals surface area contributed by atoms with E-state index in [1.54, 1.807) is 39.2 Å². The number of hydrogen-bond acceptors (Lipinski definition) is 4. The van der Waals surface area contributed by atoms with Gasteiger partial charge in [-0.15, -0.1) is 0 Å². The summed E-state index contributed by atoms with van der Waals surface area (Å²) in [4.78, 5) is 0. The molecule has 1 aliphatic rings. The highest BCUT2D eigenvalue weighted by molar-refractivity contribution is 5.44. The first-order chi connectivity index (χ1) is 7.45. The molecule has 1 aromatic carbocycles. The minimum atomic E-state index is -0.937. The van der Waals surface area contributed by atoms with E-state index >= 15 is 0 Å². The van der Waals surface area contributed by atoms with Crippen LogP contribution < -0.4 is 9.47 Å². The van der Waals surface area contributed by atoms with Crippen LogP contribution in [0.25, 0.3) is 0 Å². The lowest BCUT2D eigenvalue weighted by molar-refractivity contribution is -0.111. The van der Waals surface area contributed by atoms with Crippen molar-refractivity contribution in [1.82, 2.24) is 0 Å². The molecule has 2 rings (SSSR count). The highest BCUT2D eigenvalue weighted by atomic mass is 16.5. The van der Waals surface area contributed by atoms with Gasteiger partial charge in [0.2, 0.25) is 0 Å². The maximum absolute atomic E-state index is 9.96. The maximum atomic E-state index is 9.96. The van der Waals surface area contributed by atoms with E-state index in [2.05, 4.69) is 0 Å². The molecule has 0 unspecified atom stereocenters. The molecule has 0 spiro atoms. The Labute approximate surface area is 94.4 Å². The minimum absolute atomic E-state index is 0.558. The molecule has 0 radical (unpaired) electrons. The zero-order valence-corrected chi connectivity index (χ0v) is 9.60. The second kappa shape index (κ2) is 3.64. The molecule has 2 N–H and O–H groups in total. The van der Waals surface area contributed by atoms with Crippen molar-refractivity contribution in [3.8, 4) is 11.5 Å². The number of benzene rings is 1. The fraction of sp³-hybridized carbons (Fsp3) is 0.500. The quantitative estimate of drug-likeness (QED) is 0.754. The van der Waals surface area contributed by atoms with E-state index in [-0.39, 0.29) is 0 Å². The molecule has 16 heavy (non-hydrogen) atoms. The summed E-state index contributed by atoms with van der Waals surface area (Å²) in [6.45, 7) is 3.48. The number of rotatable bonds is 1. The third kappa shape index (κ3) is 1.64. The Hall–Kier alpha value is -1.26. The average molecular weight is 224 g/mol. The first-order valence-corrected chi connectivity index (χ1v) is 5.19. The molecular weight excluding hydrogens is 208 g/mol. The van der Waals surface area contributed by atoms with Crippen LogP contribution in [0.4, 0.5) is 0 Å². The monoisotopic (exact) mass is 224 g/mol. The summed E-state index contributed by atoms with van der Waals surface area (Å²) in [7, 11) is 1.57. The molecule has 0 saturated heterocycles. The molecule has 0 aliphatic carbocycles. The van der Waals surface area contributed by atoms with E-state index in [9.17, 15) is 10.2 Å². The number of methoxy groups -OCH3 is 1. The van der Waals surface area contributed by atoms with E-state index in [0.717, 1.165) is 0 Å². The van der Waals surface area contributed by atoms with Crippen molar-refractivity contribution in [2.45, 2.75) is 31.7 Å². The summed E-state index contributed by atoms with van der Waals surface area (Å²) >= 11 is 0. The van der Waals surface area contributed by atoms with Crippen molar-refractivity contribution in [1.29, 1.82) is 0 Å². The number of fused-ring (bicyclic) bond motifs is 1. The lowest BCUT2D eigenvalue weighted by Gasteiger charge is -2.40. The third-order valence-corrected chi connectivity index (χ3v) is 2.92. The molecule has 0 aromatic heterocycles. The molecule has 4 nitrogen and oxygen atoms in total. The van der Waals surface area contributed by atoms with Gasteiger partial charge in [-0.2, -0.15) is 0 Å². The van der Waals surface area contributed by atoms with Crippen molar-refractivity contribution >= 4 is 0 Å². The summed E-state index contributed by atoms with van der Waals surface area (Å²) in [5, 5.41) is 19.8. The highest BCUT2D eigenvalue weighted by Crippen LogP contribution is 2.41. The number of aliphatic hydroxyl groups excluding tert-OH is 2. The van der Waals surface area contributed by atoms with Crippen molar-refractivity contribution < 1.29 is 19.7 Å². The predicted molar refractivity (Wildman–Crippen MR) is 58.7 cm³/mol. The summed E-state index contributed by atoms with van der Waals surface area (Å²) < 4.78 is 10.7. The van der Waals surface area contributed by atoms with Crippen LogP contribution in [-0.4, -0.2) is 29.0 Å². The van der Waals surface area contributed by atoms with Crippen LogP contribution in [0, 0.1) is 0 Å². The highest BCUT2D eigenvalue weighted by Gasteiger charge is 2.42. The van der Waals surface area contributed by atoms with Gasteiger partial charge in [0.25, 0.3) is 0 Å². The average Bonchev–Trinajstić information content (AvgIpc) is 2.25. The van der Waals surface area contributed by atoms with Gasteiger partial charge in [0.05, 0.1) is 7.11 Å². The first-order valence-electron chi connectivity index (χ1n) is 5.19. The zero-order chi connectivity index (χ0) is 11.9. The van der Waals surface area contributed by atoms with Gasteiger partial charge in [-0.1, -0.05) is 0 Å². The van der Waals surface area contributed by atoms with Crippen molar-refractivity contribution in [3.63, 3.8) is 0 Å². The molecule has 1 aromatic rings. The van der Waals surface area contributed by atoms with Gasteiger partial charge >= 0.3 is 0 Å². The standard InChI is InChI=1S/C12H16O4/c1-12(2)11(14)10(13)8-5-4-7(15-3)6-9(8)16-12/h4-6,10-11,13-14H,1-3H3/t10-,11-/m0/s1. The largest absolute Gasteiger partial charge is 0.497 e. The second-order valence-electron chi connectivity index (χ2n) is 4.50. The minimum Gasteiger partial charge on any atom is -0.497 e. The summed E-state index contributed by atoms with van der Waals surface area (Å²) in [5.41, 5.74) is -0.216.